The Morgan fingerprint density at radius 1 is 1.14 bits per heavy atom. The van der Waals surface area contributed by atoms with E-state index in [0.717, 1.165) is 23.7 Å². The highest BCUT2D eigenvalue weighted by molar-refractivity contribution is 7.09. The second-order valence-corrected chi connectivity index (χ2v) is 6.42. The summed E-state index contributed by atoms with van der Waals surface area (Å²) in [7, 11) is 1.44. The molecule has 0 aliphatic heterocycles. The van der Waals surface area contributed by atoms with Crippen molar-refractivity contribution in [2.75, 3.05) is 17.7 Å². The van der Waals surface area contributed by atoms with Gasteiger partial charge in [0, 0.05) is 23.5 Å². The van der Waals surface area contributed by atoms with Crippen LogP contribution in [0, 0.1) is 5.82 Å². The maximum atomic E-state index is 13.8. The lowest BCUT2D eigenvalue weighted by atomic mass is 10.0. The van der Waals surface area contributed by atoms with Gasteiger partial charge < -0.3 is 10.1 Å². The Morgan fingerprint density at radius 3 is 2.64 bits per heavy atom. The zero-order valence-electron chi connectivity index (χ0n) is 15.2. The molecule has 0 unspecified atom stereocenters. The van der Waals surface area contributed by atoms with E-state index >= 15 is 0 Å². The maximum absolute atomic E-state index is 13.8. The number of methoxy groups -OCH3 is 1. The van der Waals surface area contributed by atoms with Gasteiger partial charge in [0.1, 0.15) is 17.4 Å². The molecule has 144 valence electrons. The number of benzene rings is 2. The normalized spacial score (nSPS) is 10.4. The van der Waals surface area contributed by atoms with Gasteiger partial charge in [-0.15, -0.1) is 0 Å². The molecule has 0 saturated heterocycles. The van der Waals surface area contributed by atoms with Gasteiger partial charge in [-0.25, -0.2) is 14.2 Å². The fraction of sp³-hybridized carbons (Fsp3) is 0.158. The number of hydrogen-bond acceptors (Lipinski definition) is 6. The largest absolute Gasteiger partial charge is 0.496 e. The average Bonchev–Trinajstić information content (AvgIpc) is 3.16. The van der Waals surface area contributed by atoms with Crippen LogP contribution in [0.3, 0.4) is 0 Å². The number of rotatable bonds is 6. The van der Waals surface area contributed by atoms with Crippen molar-refractivity contribution in [1.29, 1.82) is 0 Å². The maximum Gasteiger partial charge on any atom is 0.325 e. The summed E-state index contributed by atoms with van der Waals surface area (Å²) in [5.74, 6) is -0.0976. The number of nitrogens with one attached hydrogen (secondary N) is 2. The van der Waals surface area contributed by atoms with Gasteiger partial charge in [-0.05, 0) is 30.3 Å². The first kappa shape index (κ1) is 19.4. The SMILES string of the molecule is CCc1nsc(NC(=O)Nc2ccc(F)cc2C(=O)c2ccccc2OC)n1. The van der Waals surface area contributed by atoms with E-state index in [-0.39, 0.29) is 16.8 Å². The second-order valence-electron chi connectivity index (χ2n) is 5.67. The molecule has 3 aromatic rings. The molecule has 2 N–H and O–H groups in total. The minimum atomic E-state index is -0.612. The molecular weight excluding hydrogens is 383 g/mol. The Hall–Kier alpha value is -3.33. The van der Waals surface area contributed by atoms with Crippen LogP contribution in [0.15, 0.2) is 42.5 Å². The number of aromatic nitrogens is 2. The Balaban J connectivity index is 1.86. The summed E-state index contributed by atoms with van der Waals surface area (Å²) in [6, 6.07) is 9.56. The van der Waals surface area contributed by atoms with Crippen LogP contribution in [0.1, 0.15) is 28.7 Å². The van der Waals surface area contributed by atoms with Gasteiger partial charge in [-0.1, -0.05) is 19.1 Å². The summed E-state index contributed by atoms with van der Waals surface area (Å²) >= 11 is 1.05. The number of carbonyl (C=O) groups excluding carboxylic acids is 2. The number of para-hydroxylation sites is 1. The zero-order valence-corrected chi connectivity index (χ0v) is 16.0. The standard InChI is InChI=1S/C19H17FN4O3S/c1-3-16-22-19(28-24-16)23-18(26)21-14-9-8-11(20)10-13(14)17(25)12-6-4-5-7-15(12)27-2/h4-10H,3H2,1-2H3,(H2,21,22,23,24,26). The van der Waals surface area contributed by atoms with Crippen molar-refractivity contribution in [3.05, 3.63) is 65.2 Å². The first-order chi connectivity index (χ1) is 13.5. The smallest absolute Gasteiger partial charge is 0.325 e. The first-order valence-corrected chi connectivity index (χ1v) is 9.17. The lowest BCUT2D eigenvalue weighted by Gasteiger charge is -2.12. The van der Waals surface area contributed by atoms with E-state index in [4.69, 9.17) is 4.74 Å². The first-order valence-electron chi connectivity index (χ1n) is 8.39. The van der Waals surface area contributed by atoms with Gasteiger partial charge in [0.2, 0.25) is 5.13 Å². The molecule has 2 aromatic carbocycles. The topological polar surface area (TPSA) is 93.2 Å². The van der Waals surface area contributed by atoms with Gasteiger partial charge in [-0.3, -0.25) is 10.1 Å². The highest BCUT2D eigenvalue weighted by atomic mass is 32.1. The fourth-order valence-corrected chi connectivity index (χ4v) is 3.14. The number of halogens is 1. The van der Waals surface area contributed by atoms with Crippen molar-refractivity contribution in [1.82, 2.24) is 9.36 Å². The molecule has 28 heavy (non-hydrogen) atoms. The summed E-state index contributed by atoms with van der Waals surface area (Å²) in [6.07, 6.45) is 0.648. The molecule has 1 heterocycles. The van der Waals surface area contributed by atoms with Gasteiger partial charge in [0.15, 0.2) is 5.78 Å². The Bertz CT molecular complexity index is 1020. The molecule has 0 bridgehead atoms. The molecule has 0 radical (unpaired) electrons. The average molecular weight is 400 g/mol. The van der Waals surface area contributed by atoms with Crippen molar-refractivity contribution < 1.29 is 18.7 Å². The highest BCUT2D eigenvalue weighted by Gasteiger charge is 2.20. The van der Waals surface area contributed by atoms with Crippen LogP contribution in [0.5, 0.6) is 5.75 Å². The van der Waals surface area contributed by atoms with E-state index in [0.29, 0.717) is 23.1 Å². The van der Waals surface area contributed by atoms with Crippen molar-refractivity contribution >= 4 is 34.2 Å². The molecule has 0 aliphatic rings. The third-order valence-electron chi connectivity index (χ3n) is 3.83. The molecule has 9 heteroatoms. The van der Waals surface area contributed by atoms with Crippen LogP contribution in [-0.4, -0.2) is 28.3 Å². The van der Waals surface area contributed by atoms with Gasteiger partial charge in [-0.2, -0.15) is 4.37 Å². The molecule has 7 nitrogen and oxygen atoms in total. The molecule has 0 saturated carbocycles. The van der Waals surface area contributed by atoms with E-state index in [2.05, 4.69) is 20.0 Å². The number of carbonyl (C=O) groups is 2. The molecule has 1 aromatic heterocycles. The number of ether oxygens (including phenoxy) is 1. The summed E-state index contributed by atoms with van der Waals surface area (Å²) in [5, 5.41) is 5.44. The van der Waals surface area contributed by atoms with E-state index < -0.39 is 17.6 Å². The third kappa shape index (κ3) is 4.32. The Kier molecular flexibility index (Phi) is 5.95. The van der Waals surface area contributed by atoms with Gasteiger partial charge >= 0.3 is 6.03 Å². The highest BCUT2D eigenvalue weighted by Crippen LogP contribution is 2.26. The molecule has 0 aliphatic carbocycles. The number of amides is 2. The fourth-order valence-electron chi connectivity index (χ4n) is 2.49. The van der Waals surface area contributed by atoms with Crippen LogP contribution in [0.25, 0.3) is 0 Å². The summed E-state index contributed by atoms with van der Waals surface area (Å²) in [5.41, 5.74) is 0.428. The van der Waals surface area contributed by atoms with Crippen LogP contribution in [0.4, 0.5) is 20.0 Å². The minimum Gasteiger partial charge on any atom is -0.496 e. The van der Waals surface area contributed by atoms with Gasteiger partial charge in [0.25, 0.3) is 0 Å². The number of nitrogens with zero attached hydrogens (tertiary/aromatic N) is 2. The predicted molar refractivity (Wildman–Crippen MR) is 105 cm³/mol. The van der Waals surface area contributed by atoms with Crippen molar-refractivity contribution in [2.45, 2.75) is 13.3 Å². The molecule has 3 rings (SSSR count). The third-order valence-corrected chi connectivity index (χ3v) is 4.50. The van der Waals surface area contributed by atoms with Crippen LogP contribution < -0.4 is 15.4 Å². The van der Waals surface area contributed by atoms with Crippen LogP contribution in [-0.2, 0) is 6.42 Å². The van der Waals surface area contributed by atoms with Crippen molar-refractivity contribution in [2.24, 2.45) is 0 Å². The van der Waals surface area contributed by atoms with E-state index in [9.17, 15) is 14.0 Å². The number of ketones is 1. The lowest BCUT2D eigenvalue weighted by Crippen LogP contribution is -2.21. The van der Waals surface area contributed by atoms with Crippen molar-refractivity contribution in [3.8, 4) is 5.75 Å². The predicted octanol–water partition coefficient (Wildman–Crippen LogP) is 4.12. The molecule has 0 atom stereocenters. The lowest BCUT2D eigenvalue weighted by molar-refractivity contribution is 0.103. The van der Waals surface area contributed by atoms with E-state index in [1.165, 1.54) is 13.2 Å². The summed E-state index contributed by atoms with van der Waals surface area (Å²) in [6.45, 7) is 1.90. The summed E-state index contributed by atoms with van der Waals surface area (Å²) < 4.78 is 23.1. The molecule has 0 fully saturated rings. The minimum absolute atomic E-state index is 0.00570. The summed E-state index contributed by atoms with van der Waals surface area (Å²) in [4.78, 5) is 29.4. The number of anilines is 2. The number of hydrogen-bond donors (Lipinski definition) is 2. The molecule has 0 spiro atoms. The Labute approximate surface area is 164 Å². The van der Waals surface area contributed by atoms with Crippen molar-refractivity contribution in [3.63, 3.8) is 0 Å². The number of aryl methyl sites for hydroxylation is 1. The van der Waals surface area contributed by atoms with Gasteiger partial charge in [0.05, 0.1) is 18.4 Å². The molecule has 2 amide bonds. The number of urea groups is 1. The van der Waals surface area contributed by atoms with Crippen LogP contribution in [0.2, 0.25) is 0 Å². The van der Waals surface area contributed by atoms with E-state index in [1.807, 2.05) is 6.92 Å². The van der Waals surface area contributed by atoms with Crippen LogP contribution >= 0.6 is 11.5 Å². The zero-order chi connectivity index (χ0) is 20.1. The van der Waals surface area contributed by atoms with E-state index in [1.54, 1.807) is 24.3 Å². The monoisotopic (exact) mass is 400 g/mol. The second kappa shape index (κ2) is 8.57. The molecular formula is C19H17FN4O3S. The Morgan fingerprint density at radius 2 is 1.93 bits per heavy atom. The quantitative estimate of drug-likeness (QED) is 0.607.